The van der Waals surface area contributed by atoms with E-state index in [2.05, 4.69) is 15.6 Å². The van der Waals surface area contributed by atoms with E-state index in [1.165, 1.54) is 4.90 Å². The Labute approximate surface area is 233 Å². The van der Waals surface area contributed by atoms with Crippen LogP contribution in [0.3, 0.4) is 0 Å². The van der Waals surface area contributed by atoms with Crippen LogP contribution in [-0.2, 0) is 19.1 Å². The van der Waals surface area contributed by atoms with Crippen LogP contribution in [0.1, 0.15) is 70.6 Å². The standard InChI is InChI=1S/C29H38N4O7/c34-25-24-16-22(39-21-12-14-30-15-13-21)18-33(24)26(35)23(31-28(38)40-20-9-6-7-10-20)11-5-3-1-2-4-8-19-17-29(19,32-25)27(36)37/h4,8,12-15,19-20,22-24H,1-3,5-7,9-11,16-18H2,(H,31,38)(H,32,34)(H,36,37)/b8-4-/t19?,22-,23+,24+,29-/m1/s1. The van der Waals surface area contributed by atoms with Crippen LogP contribution < -0.4 is 15.4 Å². The van der Waals surface area contributed by atoms with Crippen molar-refractivity contribution in [2.45, 2.75) is 100 Å². The highest BCUT2D eigenvalue weighted by Crippen LogP contribution is 2.45. The Kier molecular flexibility index (Phi) is 8.56. The van der Waals surface area contributed by atoms with Crippen molar-refractivity contribution in [3.05, 3.63) is 36.7 Å². The number of carboxylic acids is 1. The summed E-state index contributed by atoms with van der Waals surface area (Å²) in [5, 5.41) is 15.5. The number of carbonyl (C=O) groups is 4. The number of hydrogen-bond acceptors (Lipinski definition) is 7. The fourth-order valence-corrected chi connectivity index (χ4v) is 6.09. The lowest BCUT2D eigenvalue weighted by Gasteiger charge is -2.29. The number of hydrogen-bond donors (Lipinski definition) is 3. The topological polar surface area (TPSA) is 147 Å². The van der Waals surface area contributed by atoms with Gasteiger partial charge in [0.25, 0.3) is 0 Å². The van der Waals surface area contributed by atoms with Crippen LogP contribution in [0.4, 0.5) is 4.79 Å². The number of ether oxygens (including phenoxy) is 2. The second-order valence-electron chi connectivity index (χ2n) is 11.3. The van der Waals surface area contributed by atoms with Gasteiger partial charge in [0.2, 0.25) is 11.8 Å². The Bertz CT molecular complexity index is 1120. The second-order valence-corrected chi connectivity index (χ2v) is 11.3. The first-order chi connectivity index (χ1) is 19.4. The van der Waals surface area contributed by atoms with Gasteiger partial charge in [-0.2, -0.15) is 0 Å². The number of rotatable bonds is 5. The first kappa shape index (κ1) is 27.9. The van der Waals surface area contributed by atoms with Gasteiger partial charge in [0.1, 0.15) is 35.6 Å². The molecule has 11 nitrogen and oxygen atoms in total. The molecule has 40 heavy (non-hydrogen) atoms. The first-order valence-electron chi connectivity index (χ1n) is 14.4. The van der Waals surface area contributed by atoms with Crippen LogP contribution in [0.25, 0.3) is 0 Å². The molecule has 1 saturated heterocycles. The lowest BCUT2D eigenvalue weighted by atomic mass is 10.0. The van der Waals surface area contributed by atoms with Gasteiger partial charge in [0.05, 0.1) is 6.54 Å². The third kappa shape index (κ3) is 6.39. The molecule has 0 spiro atoms. The SMILES string of the molecule is O=C(N[C@H]1CCCCC/C=C\C2C[C@@]2(C(=O)O)NC(=O)[C@@H]2C[C@@H](Oc3ccncc3)CN2C1=O)OC1CCCC1. The number of carbonyl (C=O) groups excluding carboxylic acids is 3. The maximum absolute atomic E-state index is 14.0. The zero-order valence-electron chi connectivity index (χ0n) is 22.6. The van der Waals surface area contributed by atoms with Crippen molar-refractivity contribution in [1.82, 2.24) is 20.5 Å². The molecule has 2 aliphatic carbocycles. The van der Waals surface area contributed by atoms with Gasteiger partial charge in [-0.15, -0.1) is 0 Å². The maximum Gasteiger partial charge on any atom is 0.408 e. The molecule has 3 heterocycles. The van der Waals surface area contributed by atoms with Gasteiger partial charge in [0, 0.05) is 24.7 Å². The normalized spacial score (nSPS) is 32.0. The lowest BCUT2D eigenvalue weighted by Crippen LogP contribution is -2.56. The summed E-state index contributed by atoms with van der Waals surface area (Å²) in [5.41, 5.74) is -1.38. The summed E-state index contributed by atoms with van der Waals surface area (Å²) in [6.45, 7) is 0.124. The minimum Gasteiger partial charge on any atom is -0.488 e. The summed E-state index contributed by atoms with van der Waals surface area (Å²) < 4.78 is 11.7. The molecule has 1 unspecified atom stereocenters. The molecule has 3 fully saturated rings. The van der Waals surface area contributed by atoms with E-state index in [1.807, 2.05) is 12.2 Å². The van der Waals surface area contributed by atoms with E-state index < -0.39 is 47.6 Å². The largest absolute Gasteiger partial charge is 0.488 e. The number of nitrogens with zero attached hydrogens (tertiary/aromatic N) is 2. The van der Waals surface area contributed by atoms with Crippen molar-refractivity contribution in [2.24, 2.45) is 5.92 Å². The molecule has 0 aromatic carbocycles. The Balaban J connectivity index is 1.38. The van der Waals surface area contributed by atoms with E-state index in [0.29, 0.717) is 25.0 Å². The Morgan fingerprint density at radius 2 is 1.80 bits per heavy atom. The number of nitrogens with one attached hydrogen (secondary N) is 2. The van der Waals surface area contributed by atoms with E-state index in [9.17, 15) is 24.3 Å². The molecule has 5 atom stereocenters. The summed E-state index contributed by atoms with van der Waals surface area (Å²) in [4.78, 5) is 58.0. The van der Waals surface area contributed by atoms with E-state index in [0.717, 1.165) is 44.9 Å². The predicted molar refractivity (Wildman–Crippen MR) is 143 cm³/mol. The van der Waals surface area contributed by atoms with Crippen LogP contribution >= 0.6 is 0 Å². The highest BCUT2D eigenvalue weighted by atomic mass is 16.6. The Morgan fingerprint density at radius 1 is 1.05 bits per heavy atom. The fraction of sp³-hybridized carbons (Fsp3) is 0.621. The van der Waals surface area contributed by atoms with Crippen molar-refractivity contribution in [1.29, 1.82) is 0 Å². The minimum atomic E-state index is -1.38. The molecule has 11 heteroatoms. The first-order valence-corrected chi connectivity index (χ1v) is 14.4. The predicted octanol–water partition coefficient (Wildman–Crippen LogP) is 2.95. The van der Waals surface area contributed by atoms with Crippen LogP contribution in [0, 0.1) is 5.92 Å². The Hall–Kier alpha value is -3.63. The van der Waals surface area contributed by atoms with Gasteiger partial charge in [0.15, 0.2) is 0 Å². The molecule has 0 bridgehead atoms. The summed E-state index contributed by atoms with van der Waals surface area (Å²) in [6.07, 6.45) is 13.5. The summed E-state index contributed by atoms with van der Waals surface area (Å²) in [6, 6.07) is 1.58. The van der Waals surface area contributed by atoms with Crippen molar-refractivity contribution in [3.8, 4) is 5.75 Å². The van der Waals surface area contributed by atoms with Crippen LogP contribution in [-0.4, -0.2) is 75.2 Å². The molecule has 4 aliphatic rings. The van der Waals surface area contributed by atoms with E-state index in [-0.39, 0.29) is 25.0 Å². The number of alkyl carbamates (subject to hydrolysis) is 1. The lowest BCUT2D eigenvalue weighted by molar-refractivity contribution is -0.145. The van der Waals surface area contributed by atoms with Gasteiger partial charge in [-0.3, -0.25) is 14.6 Å². The van der Waals surface area contributed by atoms with E-state index in [4.69, 9.17) is 9.47 Å². The number of fused-ring (bicyclic) bond motifs is 2. The summed E-state index contributed by atoms with van der Waals surface area (Å²) in [5.74, 6) is -1.76. The van der Waals surface area contributed by atoms with Gasteiger partial charge >= 0.3 is 12.1 Å². The van der Waals surface area contributed by atoms with E-state index in [1.54, 1.807) is 24.5 Å². The van der Waals surface area contributed by atoms with Gasteiger partial charge in [-0.1, -0.05) is 25.0 Å². The molecular weight excluding hydrogens is 516 g/mol. The highest BCUT2D eigenvalue weighted by Gasteiger charge is 2.61. The third-order valence-electron chi connectivity index (χ3n) is 8.44. The molecule has 1 aromatic heterocycles. The molecule has 2 aliphatic heterocycles. The van der Waals surface area contributed by atoms with E-state index >= 15 is 0 Å². The number of pyridine rings is 1. The highest BCUT2D eigenvalue weighted by molar-refractivity contribution is 5.96. The summed E-state index contributed by atoms with van der Waals surface area (Å²) >= 11 is 0. The number of carboxylic acid groups (broad SMARTS) is 1. The zero-order valence-corrected chi connectivity index (χ0v) is 22.6. The van der Waals surface area contributed by atoms with Crippen molar-refractivity contribution < 1.29 is 33.8 Å². The van der Waals surface area contributed by atoms with Crippen molar-refractivity contribution in [2.75, 3.05) is 6.54 Å². The monoisotopic (exact) mass is 554 g/mol. The molecule has 1 aromatic rings. The smallest absolute Gasteiger partial charge is 0.408 e. The number of allylic oxidation sites excluding steroid dienone is 1. The average Bonchev–Trinajstić information content (AvgIpc) is 3.23. The molecule has 3 amide bonds. The molecule has 5 rings (SSSR count). The average molecular weight is 555 g/mol. The molecular formula is C29H38N4O7. The molecule has 216 valence electrons. The van der Waals surface area contributed by atoms with Gasteiger partial charge in [-0.25, -0.2) is 9.59 Å². The number of amides is 3. The summed E-state index contributed by atoms with van der Waals surface area (Å²) in [7, 11) is 0. The van der Waals surface area contributed by atoms with Crippen molar-refractivity contribution in [3.63, 3.8) is 0 Å². The van der Waals surface area contributed by atoms with Crippen LogP contribution in [0.5, 0.6) is 5.75 Å². The van der Waals surface area contributed by atoms with Gasteiger partial charge < -0.3 is 30.1 Å². The molecule has 2 saturated carbocycles. The van der Waals surface area contributed by atoms with Crippen molar-refractivity contribution >= 4 is 23.9 Å². The maximum atomic E-state index is 14.0. The minimum absolute atomic E-state index is 0.124. The second kappa shape index (κ2) is 12.3. The van der Waals surface area contributed by atoms with Crippen LogP contribution in [0.2, 0.25) is 0 Å². The fourth-order valence-electron chi connectivity index (χ4n) is 6.09. The number of aromatic nitrogens is 1. The third-order valence-corrected chi connectivity index (χ3v) is 8.44. The van der Waals surface area contributed by atoms with Gasteiger partial charge in [-0.05, 0) is 63.5 Å². The zero-order chi connectivity index (χ0) is 28.1. The molecule has 3 N–H and O–H groups in total. The number of aliphatic carboxylic acids is 1. The Morgan fingerprint density at radius 3 is 2.55 bits per heavy atom. The van der Waals surface area contributed by atoms with Crippen LogP contribution in [0.15, 0.2) is 36.7 Å². The molecule has 0 radical (unpaired) electrons. The quantitative estimate of drug-likeness (QED) is 0.471.